The van der Waals surface area contributed by atoms with E-state index in [-0.39, 0.29) is 0 Å². The summed E-state index contributed by atoms with van der Waals surface area (Å²) in [7, 11) is 0. The number of H-pyrrole nitrogens is 1. The molecule has 0 amide bonds. The Hall–Kier alpha value is -2.06. The van der Waals surface area contributed by atoms with Gasteiger partial charge < -0.3 is 0 Å². The van der Waals surface area contributed by atoms with Crippen molar-refractivity contribution in [2.75, 3.05) is 0 Å². The van der Waals surface area contributed by atoms with E-state index in [1.54, 1.807) is 0 Å². The van der Waals surface area contributed by atoms with E-state index in [9.17, 15) is 0 Å². The second kappa shape index (κ2) is 3.97. The zero-order valence-corrected chi connectivity index (χ0v) is 10.9. The standard InChI is InChI=1S/C16H11ClN2/c17-12-6-3-5-11(8-12)15-14-9-10-4-1-2-7-13(10)16(14)19-18-15/h1-8H,9H2,(H,18,19). The number of fused-ring (bicyclic) bond motifs is 3. The molecule has 0 spiro atoms. The highest BCUT2D eigenvalue weighted by atomic mass is 35.5. The Morgan fingerprint density at radius 3 is 2.84 bits per heavy atom. The zero-order valence-electron chi connectivity index (χ0n) is 10.2. The van der Waals surface area contributed by atoms with E-state index in [1.165, 1.54) is 16.7 Å². The lowest BCUT2D eigenvalue weighted by Crippen LogP contribution is -1.86. The molecule has 1 aromatic heterocycles. The van der Waals surface area contributed by atoms with Gasteiger partial charge in [0.2, 0.25) is 0 Å². The Morgan fingerprint density at radius 2 is 1.95 bits per heavy atom. The van der Waals surface area contributed by atoms with E-state index in [0.29, 0.717) is 0 Å². The first-order valence-electron chi connectivity index (χ1n) is 6.24. The first-order chi connectivity index (χ1) is 9.33. The summed E-state index contributed by atoms with van der Waals surface area (Å²) in [5, 5.41) is 8.37. The summed E-state index contributed by atoms with van der Waals surface area (Å²) in [5.41, 5.74) is 7.10. The molecular formula is C16H11ClN2. The van der Waals surface area contributed by atoms with Gasteiger partial charge in [-0.1, -0.05) is 48.0 Å². The Balaban J connectivity index is 1.89. The van der Waals surface area contributed by atoms with Crippen LogP contribution < -0.4 is 0 Å². The predicted molar refractivity (Wildman–Crippen MR) is 77.3 cm³/mol. The molecule has 0 atom stereocenters. The number of benzene rings is 2. The third kappa shape index (κ3) is 1.60. The molecule has 0 saturated heterocycles. The summed E-state index contributed by atoms with van der Waals surface area (Å²) >= 11 is 6.06. The van der Waals surface area contributed by atoms with Gasteiger partial charge in [0.15, 0.2) is 0 Å². The molecule has 3 heteroatoms. The predicted octanol–water partition coefficient (Wildman–Crippen LogP) is 4.30. The highest BCUT2D eigenvalue weighted by Gasteiger charge is 2.24. The number of nitrogens with zero attached hydrogens (tertiary/aromatic N) is 1. The van der Waals surface area contributed by atoms with Gasteiger partial charge in [0.1, 0.15) is 0 Å². The number of hydrogen-bond acceptors (Lipinski definition) is 1. The molecule has 1 heterocycles. The molecule has 2 aromatic carbocycles. The van der Waals surface area contributed by atoms with E-state index >= 15 is 0 Å². The molecule has 19 heavy (non-hydrogen) atoms. The van der Waals surface area contributed by atoms with Crippen molar-refractivity contribution in [3.8, 4) is 22.5 Å². The average molecular weight is 267 g/mol. The van der Waals surface area contributed by atoms with Crippen LogP contribution in [0.5, 0.6) is 0 Å². The molecule has 1 aliphatic rings. The molecule has 1 aliphatic carbocycles. The lowest BCUT2D eigenvalue weighted by molar-refractivity contribution is 1.09. The van der Waals surface area contributed by atoms with Crippen molar-refractivity contribution in [2.45, 2.75) is 6.42 Å². The number of aromatic nitrogens is 2. The minimum absolute atomic E-state index is 0.741. The van der Waals surface area contributed by atoms with Crippen LogP contribution in [0.25, 0.3) is 22.5 Å². The van der Waals surface area contributed by atoms with Crippen molar-refractivity contribution in [3.63, 3.8) is 0 Å². The maximum atomic E-state index is 6.06. The molecule has 3 aromatic rings. The van der Waals surface area contributed by atoms with E-state index in [4.69, 9.17) is 11.6 Å². The number of halogens is 1. The summed E-state index contributed by atoms with van der Waals surface area (Å²) in [6, 6.07) is 16.3. The minimum atomic E-state index is 0.741. The number of aromatic amines is 1. The van der Waals surface area contributed by atoms with Gasteiger partial charge in [-0.25, -0.2) is 0 Å². The maximum absolute atomic E-state index is 6.06. The first kappa shape index (κ1) is 10.8. The van der Waals surface area contributed by atoms with E-state index in [2.05, 4.69) is 34.5 Å². The quantitative estimate of drug-likeness (QED) is 0.547. The molecule has 0 saturated carbocycles. The normalized spacial score (nSPS) is 12.3. The third-order valence-corrected chi connectivity index (χ3v) is 3.85. The van der Waals surface area contributed by atoms with Gasteiger partial charge in [0, 0.05) is 28.1 Å². The van der Waals surface area contributed by atoms with Crippen LogP contribution in [0.15, 0.2) is 48.5 Å². The molecule has 2 nitrogen and oxygen atoms in total. The largest absolute Gasteiger partial charge is 0.277 e. The van der Waals surface area contributed by atoms with Crippen LogP contribution in [-0.4, -0.2) is 10.2 Å². The second-order valence-electron chi connectivity index (χ2n) is 4.77. The van der Waals surface area contributed by atoms with Gasteiger partial charge >= 0.3 is 0 Å². The smallest absolute Gasteiger partial charge is 0.0963 e. The average Bonchev–Trinajstić information content (AvgIpc) is 2.97. The van der Waals surface area contributed by atoms with Crippen LogP contribution in [0.1, 0.15) is 11.1 Å². The molecule has 4 rings (SSSR count). The third-order valence-electron chi connectivity index (χ3n) is 3.62. The lowest BCUT2D eigenvalue weighted by Gasteiger charge is -2.00. The van der Waals surface area contributed by atoms with E-state index in [1.807, 2.05) is 24.3 Å². The molecule has 0 aliphatic heterocycles. The molecule has 0 bridgehead atoms. The second-order valence-corrected chi connectivity index (χ2v) is 5.21. The number of hydrogen-bond donors (Lipinski definition) is 1. The van der Waals surface area contributed by atoms with Crippen LogP contribution in [0.2, 0.25) is 5.02 Å². The molecular weight excluding hydrogens is 256 g/mol. The minimum Gasteiger partial charge on any atom is -0.277 e. The molecule has 0 radical (unpaired) electrons. The molecule has 0 unspecified atom stereocenters. The Kier molecular flexibility index (Phi) is 2.26. The van der Waals surface area contributed by atoms with Crippen molar-refractivity contribution < 1.29 is 0 Å². The van der Waals surface area contributed by atoms with Crippen LogP contribution in [0.3, 0.4) is 0 Å². The van der Waals surface area contributed by atoms with Crippen molar-refractivity contribution >= 4 is 11.6 Å². The van der Waals surface area contributed by atoms with Crippen molar-refractivity contribution in [2.24, 2.45) is 0 Å². The Morgan fingerprint density at radius 1 is 1.05 bits per heavy atom. The van der Waals surface area contributed by atoms with Gasteiger partial charge in [-0.2, -0.15) is 5.10 Å². The topological polar surface area (TPSA) is 28.7 Å². The van der Waals surface area contributed by atoms with E-state index < -0.39 is 0 Å². The lowest BCUT2D eigenvalue weighted by atomic mass is 10.1. The van der Waals surface area contributed by atoms with Gasteiger partial charge in [-0.15, -0.1) is 0 Å². The van der Waals surface area contributed by atoms with Gasteiger partial charge in [-0.3, -0.25) is 5.10 Å². The molecule has 92 valence electrons. The fraction of sp³-hybridized carbons (Fsp3) is 0.0625. The molecule has 0 fully saturated rings. The number of nitrogens with one attached hydrogen (secondary N) is 1. The number of rotatable bonds is 1. The van der Waals surface area contributed by atoms with Gasteiger partial charge in [-0.05, 0) is 17.7 Å². The fourth-order valence-electron chi connectivity index (χ4n) is 2.74. The van der Waals surface area contributed by atoms with Crippen LogP contribution in [0, 0.1) is 0 Å². The van der Waals surface area contributed by atoms with Crippen molar-refractivity contribution in [3.05, 3.63) is 64.7 Å². The van der Waals surface area contributed by atoms with Crippen LogP contribution in [-0.2, 0) is 6.42 Å². The summed E-state index contributed by atoms with van der Waals surface area (Å²) < 4.78 is 0. The van der Waals surface area contributed by atoms with Crippen molar-refractivity contribution in [1.82, 2.24) is 10.2 Å². The summed E-state index contributed by atoms with van der Waals surface area (Å²) in [5.74, 6) is 0. The van der Waals surface area contributed by atoms with Gasteiger partial charge in [0.05, 0.1) is 11.4 Å². The summed E-state index contributed by atoms with van der Waals surface area (Å²) in [4.78, 5) is 0. The fourth-order valence-corrected chi connectivity index (χ4v) is 2.93. The van der Waals surface area contributed by atoms with Crippen LogP contribution in [0.4, 0.5) is 0 Å². The van der Waals surface area contributed by atoms with E-state index in [0.717, 1.165) is 28.4 Å². The summed E-state index contributed by atoms with van der Waals surface area (Å²) in [6.45, 7) is 0. The highest BCUT2D eigenvalue weighted by molar-refractivity contribution is 6.30. The summed E-state index contributed by atoms with van der Waals surface area (Å²) in [6.07, 6.45) is 0.934. The first-order valence-corrected chi connectivity index (χ1v) is 6.62. The van der Waals surface area contributed by atoms with Gasteiger partial charge in [0.25, 0.3) is 0 Å². The van der Waals surface area contributed by atoms with Crippen LogP contribution >= 0.6 is 11.6 Å². The molecule has 1 N–H and O–H groups in total. The zero-order chi connectivity index (χ0) is 12.8. The SMILES string of the molecule is Clc1cccc(-c2n[nH]c3c2Cc2ccccc2-3)c1. The maximum Gasteiger partial charge on any atom is 0.0963 e. The Labute approximate surface area is 116 Å². The monoisotopic (exact) mass is 266 g/mol. The highest BCUT2D eigenvalue weighted by Crippen LogP contribution is 2.39. The Bertz CT molecular complexity index is 774. The van der Waals surface area contributed by atoms with Crippen molar-refractivity contribution in [1.29, 1.82) is 0 Å².